The number of hydrogen-bond acceptors (Lipinski definition) is 3. The van der Waals surface area contributed by atoms with Gasteiger partial charge in [-0.15, -0.1) is 0 Å². The van der Waals surface area contributed by atoms with Gasteiger partial charge in [-0.25, -0.2) is 26.9 Å². The second-order valence-electron chi connectivity index (χ2n) is 6.60. The van der Waals surface area contributed by atoms with Crippen molar-refractivity contribution in [2.75, 3.05) is 0 Å². The molecule has 2 aromatic carbocycles. The second-order valence-corrected chi connectivity index (χ2v) is 6.60. The highest BCUT2D eigenvalue weighted by molar-refractivity contribution is 5.91. The van der Waals surface area contributed by atoms with Gasteiger partial charge in [0, 0.05) is 18.0 Å². The smallest absolute Gasteiger partial charge is 0.213 e. The van der Waals surface area contributed by atoms with Gasteiger partial charge in [-0.3, -0.25) is 5.41 Å². The number of halogens is 5. The van der Waals surface area contributed by atoms with Gasteiger partial charge < -0.3 is 9.30 Å². The Hall–Kier alpha value is -3.23. The molecular weight excluding hydrogens is 405 g/mol. The molecule has 4 nitrogen and oxygen atoms in total. The van der Waals surface area contributed by atoms with Crippen molar-refractivity contribution >= 4 is 5.90 Å². The van der Waals surface area contributed by atoms with Crippen LogP contribution >= 0.6 is 0 Å². The number of ether oxygens (including phenoxy) is 1. The highest BCUT2D eigenvalue weighted by Crippen LogP contribution is 2.25. The molecule has 1 aromatic heterocycles. The van der Waals surface area contributed by atoms with E-state index in [4.69, 9.17) is 10.1 Å². The van der Waals surface area contributed by atoms with E-state index in [0.29, 0.717) is 5.56 Å². The molecule has 1 N–H and O–H groups in total. The molecule has 0 aliphatic carbocycles. The molecule has 0 bridgehead atoms. The average Bonchev–Trinajstić information content (AvgIpc) is 3.29. The summed E-state index contributed by atoms with van der Waals surface area (Å²) in [5.74, 6) is -10.7. The first-order chi connectivity index (χ1) is 14.3. The monoisotopic (exact) mass is 423 g/mol. The lowest BCUT2D eigenvalue weighted by atomic mass is 10.0. The molecule has 3 aromatic rings. The van der Waals surface area contributed by atoms with Gasteiger partial charge in [0.25, 0.3) is 0 Å². The molecule has 158 valence electrons. The van der Waals surface area contributed by atoms with Gasteiger partial charge in [0.15, 0.2) is 23.3 Å². The SMILES string of the molecule is CCCC(c1ccc(C(=N)OCc2c(F)c(F)c(F)c(F)c2F)cc1)n1ccnc1. The van der Waals surface area contributed by atoms with E-state index in [-0.39, 0.29) is 6.04 Å². The third kappa shape index (κ3) is 4.19. The Morgan fingerprint density at radius 3 is 2.13 bits per heavy atom. The van der Waals surface area contributed by atoms with Crippen LogP contribution in [0.2, 0.25) is 0 Å². The van der Waals surface area contributed by atoms with E-state index >= 15 is 0 Å². The van der Waals surface area contributed by atoms with Gasteiger partial charge in [0.1, 0.15) is 6.61 Å². The number of benzene rings is 2. The Balaban J connectivity index is 1.74. The number of imidazole rings is 1. The molecule has 9 heteroatoms. The molecule has 0 fully saturated rings. The lowest BCUT2D eigenvalue weighted by Gasteiger charge is -2.19. The van der Waals surface area contributed by atoms with Gasteiger partial charge in [-0.2, -0.15) is 0 Å². The maximum Gasteiger partial charge on any atom is 0.213 e. The summed E-state index contributed by atoms with van der Waals surface area (Å²) in [6.07, 6.45) is 7.04. The van der Waals surface area contributed by atoms with Crippen LogP contribution < -0.4 is 0 Å². The van der Waals surface area contributed by atoms with Crippen LogP contribution in [0.1, 0.15) is 42.5 Å². The van der Waals surface area contributed by atoms with Crippen molar-refractivity contribution in [3.63, 3.8) is 0 Å². The van der Waals surface area contributed by atoms with Crippen LogP contribution in [0.3, 0.4) is 0 Å². The molecule has 1 unspecified atom stereocenters. The molecule has 0 radical (unpaired) electrons. The topological polar surface area (TPSA) is 50.9 Å². The number of rotatable bonds is 7. The fourth-order valence-electron chi connectivity index (χ4n) is 3.08. The number of hydrogen-bond donors (Lipinski definition) is 1. The average molecular weight is 423 g/mol. The molecule has 1 atom stereocenters. The standard InChI is InChI=1S/C21H18F5N3O/c1-2-3-15(29-9-8-28-11-29)12-4-6-13(7-5-12)21(27)30-10-14-16(22)18(24)20(26)19(25)17(14)23/h4-9,11,15,27H,2-3,10H2,1H3. The van der Waals surface area contributed by atoms with E-state index in [9.17, 15) is 22.0 Å². The van der Waals surface area contributed by atoms with E-state index < -0.39 is 47.2 Å². The predicted octanol–water partition coefficient (Wildman–Crippen LogP) is 5.51. The van der Waals surface area contributed by atoms with E-state index in [1.165, 1.54) is 0 Å². The van der Waals surface area contributed by atoms with Gasteiger partial charge in [0.2, 0.25) is 11.7 Å². The van der Waals surface area contributed by atoms with Crippen LogP contribution in [-0.4, -0.2) is 15.4 Å². The number of nitrogens with one attached hydrogen (secondary N) is 1. The van der Waals surface area contributed by atoms with Crippen LogP contribution in [0.4, 0.5) is 22.0 Å². The van der Waals surface area contributed by atoms with Crippen LogP contribution in [0.5, 0.6) is 0 Å². The molecule has 0 spiro atoms. The lowest BCUT2D eigenvalue weighted by molar-refractivity contribution is 0.267. The molecule has 0 saturated heterocycles. The Kier molecular flexibility index (Phi) is 6.49. The van der Waals surface area contributed by atoms with Crippen LogP contribution in [0.25, 0.3) is 0 Å². The Morgan fingerprint density at radius 1 is 1.00 bits per heavy atom. The summed E-state index contributed by atoms with van der Waals surface area (Å²) in [4.78, 5) is 4.05. The Bertz CT molecular complexity index is 1010. The quantitative estimate of drug-likeness (QED) is 0.179. The summed E-state index contributed by atoms with van der Waals surface area (Å²) in [7, 11) is 0. The van der Waals surface area contributed by atoms with Crippen molar-refractivity contribution in [2.24, 2.45) is 0 Å². The van der Waals surface area contributed by atoms with Crippen molar-refractivity contribution in [3.8, 4) is 0 Å². The molecule has 0 aliphatic rings. The third-order valence-electron chi connectivity index (χ3n) is 4.67. The summed E-state index contributed by atoms with van der Waals surface area (Å²) in [6.45, 7) is 1.08. The summed E-state index contributed by atoms with van der Waals surface area (Å²) in [5.41, 5.74) is 0.130. The van der Waals surface area contributed by atoms with Crippen LogP contribution in [0.15, 0.2) is 43.0 Å². The Morgan fingerprint density at radius 2 is 1.60 bits per heavy atom. The molecule has 30 heavy (non-hydrogen) atoms. The third-order valence-corrected chi connectivity index (χ3v) is 4.67. The van der Waals surface area contributed by atoms with E-state index in [1.807, 2.05) is 10.8 Å². The van der Waals surface area contributed by atoms with Gasteiger partial charge >= 0.3 is 0 Å². The minimum Gasteiger partial charge on any atom is -0.473 e. The zero-order valence-electron chi connectivity index (χ0n) is 15.9. The molecule has 0 saturated carbocycles. The van der Waals surface area contributed by atoms with Crippen molar-refractivity contribution in [1.29, 1.82) is 5.41 Å². The largest absolute Gasteiger partial charge is 0.473 e. The summed E-state index contributed by atoms with van der Waals surface area (Å²) in [5, 5.41) is 7.92. The minimum absolute atomic E-state index is 0.0509. The summed E-state index contributed by atoms with van der Waals surface area (Å²) >= 11 is 0. The van der Waals surface area contributed by atoms with Gasteiger partial charge in [0.05, 0.1) is 17.9 Å². The molecule has 0 aliphatic heterocycles. The van der Waals surface area contributed by atoms with Gasteiger partial charge in [-0.05, 0) is 24.1 Å². The Labute approximate surface area is 169 Å². The minimum atomic E-state index is -2.24. The number of aromatic nitrogens is 2. The first kappa shape index (κ1) is 21.5. The first-order valence-corrected chi connectivity index (χ1v) is 9.14. The second kappa shape index (κ2) is 9.06. The molecule has 3 rings (SSSR count). The summed E-state index contributed by atoms with van der Waals surface area (Å²) in [6, 6.07) is 6.80. The first-order valence-electron chi connectivity index (χ1n) is 9.14. The van der Waals surface area contributed by atoms with Crippen molar-refractivity contribution in [1.82, 2.24) is 9.55 Å². The maximum absolute atomic E-state index is 13.7. The molecule has 1 heterocycles. The molecule has 0 amide bonds. The fourth-order valence-corrected chi connectivity index (χ4v) is 3.08. The summed E-state index contributed by atoms with van der Waals surface area (Å²) < 4.78 is 74.0. The normalized spacial score (nSPS) is 12.1. The van der Waals surface area contributed by atoms with Crippen LogP contribution in [-0.2, 0) is 11.3 Å². The van der Waals surface area contributed by atoms with Crippen molar-refractivity contribution in [2.45, 2.75) is 32.4 Å². The van der Waals surface area contributed by atoms with Gasteiger partial charge in [-0.1, -0.05) is 25.5 Å². The van der Waals surface area contributed by atoms with Crippen molar-refractivity contribution in [3.05, 3.63) is 88.8 Å². The van der Waals surface area contributed by atoms with E-state index in [0.717, 1.165) is 18.4 Å². The fraction of sp³-hybridized carbons (Fsp3) is 0.238. The molecular formula is C21H18F5N3O. The van der Waals surface area contributed by atoms with Crippen molar-refractivity contribution < 1.29 is 26.7 Å². The maximum atomic E-state index is 13.7. The zero-order chi connectivity index (χ0) is 21.8. The highest BCUT2D eigenvalue weighted by atomic mass is 19.2. The zero-order valence-corrected chi connectivity index (χ0v) is 15.9. The highest BCUT2D eigenvalue weighted by Gasteiger charge is 2.26. The number of nitrogens with zero attached hydrogens (tertiary/aromatic N) is 2. The van der Waals surface area contributed by atoms with Crippen LogP contribution in [0, 0.1) is 34.5 Å². The lowest BCUT2D eigenvalue weighted by Crippen LogP contribution is -2.12. The van der Waals surface area contributed by atoms with E-state index in [2.05, 4.69) is 11.9 Å². The predicted molar refractivity (Wildman–Crippen MR) is 99.6 cm³/mol. The van der Waals surface area contributed by atoms with E-state index in [1.54, 1.807) is 36.8 Å².